The Balaban J connectivity index is 1.70. The maximum atomic E-state index is 11.2. The summed E-state index contributed by atoms with van der Waals surface area (Å²) < 4.78 is 0. The molecule has 130 valence electrons. The smallest absolute Gasteiger partial charge is 0.249 e. The highest BCUT2D eigenvalue weighted by Crippen LogP contribution is 2.19. The lowest BCUT2D eigenvalue weighted by Gasteiger charge is -2.33. The number of rotatable bonds is 5. The number of nitrogens with one attached hydrogen (secondary N) is 2. The van der Waals surface area contributed by atoms with Crippen LogP contribution in [0.1, 0.15) is 6.92 Å². The molecule has 1 saturated heterocycles. The fourth-order valence-electron chi connectivity index (χ4n) is 2.56. The van der Waals surface area contributed by atoms with Gasteiger partial charge in [-0.05, 0) is 18.2 Å². The number of hydrogen-bond donors (Lipinski definition) is 2. The van der Waals surface area contributed by atoms with Crippen LogP contribution in [0.15, 0.2) is 30.5 Å². The van der Waals surface area contributed by atoms with Gasteiger partial charge in [-0.25, -0.2) is 0 Å². The van der Waals surface area contributed by atoms with Gasteiger partial charge in [-0.1, -0.05) is 6.07 Å². The number of carbonyl (C=O) groups excluding carboxylic acids is 2. The van der Waals surface area contributed by atoms with E-state index < -0.39 is 0 Å². The third kappa shape index (κ3) is 4.40. The van der Waals surface area contributed by atoms with Crippen LogP contribution < -0.4 is 15.5 Å². The molecular weight excluding hydrogens is 322 g/mol. The first-order valence-corrected chi connectivity index (χ1v) is 7.93. The molecule has 2 aromatic rings. The topological polar surface area (TPSA) is 103 Å². The molecular formula is C16H19N7O2. The van der Waals surface area contributed by atoms with E-state index in [-0.39, 0.29) is 5.91 Å². The van der Waals surface area contributed by atoms with E-state index in [0.29, 0.717) is 43.6 Å². The molecule has 3 rings (SSSR count). The van der Waals surface area contributed by atoms with Gasteiger partial charge in [-0.2, -0.15) is 10.1 Å². The zero-order valence-corrected chi connectivity index (χ0v) is 13.8. The van der Waals surface area contributed by atoms with E-state index >= 15 is 0 Å². The van der Waals surface area contributed by atoms with E-state index in [1.807, 2.05) is 12.1 Å². The highest BCUT2D eigenvalue weighted by molar-refractivity contribution is 5.89. The Kier molecular flexibility index (Phi) is 5.03. The van der Waals surface area contributed by atoms with Crippen molar-refractivity contribution in [3.05, 3.63) is 30.5 Å². The van der Waals surface area contributed by atoms with Crippen molar-refractivity contribution >= 4 is 35.5 Å². The molecule has 25 heavy (non-hydrogen) atoms. The van der Waals surface area contributed by atoms with Crippen LogP contribution in [0, 0.1) is 0 Å². The highest BCUT2D eigenvalue weighted by Gasteiger charge is 2.17. The molecule has 0 spiro atoms. The average molecular weight is 341 g/mol. The summed E-state index contributed by atoms with van der Waals surface area (Å²) >= 11 is 0. The van der Waals surface area contributed by atoms with Crippen molar-refractivity contribution in [3.63, 3.8) is 0 Å². The number of benzene rings is 1. The van der Waals surface area contributed by atoms with Crippen LogP contribution in [-0.4, -0.2) is 58.6 Å². The molecule has 1 aromatic carbocycles. The van der Waals surface area contributed by atoms with Gasteiger partial charge in [0.1, 0.15) is 0 Å². The zero-order valence-electron chi connectivity index (χ0n) is 13.8. The van der Waals surface area contributed by atoms with Gasteiger partial charge in [-0.3, -0.25) is 9.59 Å². The van der Waals surface area contributed by atoms with Gasteiger partial charge in [-0.15, -0.1) is 5.10 Å². The van der Waals surface area contributed by atoms with Crippen molar-refractivity contribution in [1.29, 1.82) is 0 Å². The SMILES string of the molecule is CC(=O)Nc1cccc(Nc2nncc(N3CCN(C=O)CC3)n2)c1. The molecule has 2 amide bonds. The number of aromatic nitrogens is 3. The molecule has 2 heterocycles. The number of amides is 2. The van der Waals surface area contributed by atoms with E-state index in [4.69, 9.17) is 0 Å². The lowest BCUT2D eigenvalue weighted by molar-refractivity contribution is -0.118. The highest BCUT2D eigenvalue weighted by atomic mass is 16.1. The Bertz CT molecular complexity index is 760. The summed E-state index contributed by atoms with van der Waals surface area (Å²) in [5.74, 6) is 0.947. The summed E-state index contributed by atoms with van der Waals surface area (Å²) in [7, 11) is 0. The Hall–Kier alpha value is -3.23. The summed E-state index contributed by atoms with van der Waals surface area (Å²) in [6.07, 6.45) is 2.47. The van der Waals surface area contributed by atoms with Crippen LogP contribution in [-0.2, 0) is 9.59 Å². The predicted octanol–water partition coefficient (Wildman–Crippen LogP) is 0.852. The van der Waals surface area contributed by atoms with Crippen molar-refractivity contribution in [2.45, 2.75) is 6.92 Å². The van der Waals surface area contributed by atoms with Crippen molar-refractivity contribution in [3.8, 4) is 0 Å². The minimum Gasteiger partial charge on any atom is -0.352 e. The Morgan fingerprint density at radius 3 is 2.68 bits per heavy atom. The maximum Gasteiger partial charge on any atom is 0.249 e. The molecule has 0 radical (unpaired) electrons. The number of carbonyl (C=O) groups is 2. The average Bonchev–Trinajstić information content (AvgIpc) is 2.62. The third-order valence-corrected chi connectivity index (χ3v) is 3.77. The fraction of sp³-hybridized carbons (Fsp3) is 0.312. The van der Waals surface area contributed by atoms with Crippen LogP contribution in [0.4, 0.5) is 23.1 Å². The molecule has 0 saturated carbocycles. The lowest BCUT2D eigenvalue weighted by atomic mass is 10.3. The molecule has 0 aliphatic carbocycles. The first kappa shape index (κ1) is 16.6. The normalized spacial score (nSPS) is 14.1. The molecule has 9 nitrogen and oxygen atoms in total. The van der Waals surface area contributed by atoms with Crippen molar-refractivity contribution in [2.75, 3.05) is 41.7 Å². The van der Waals surface area contributed by atoms with Crippen molar-refractivity contribution in [2.24, 2.45) is 0 Å². The maximum absolute atomic E-state index is 11.2. The summed E-state index contributed by atoms with van der Waals surface area (Å²) in [5.41, 5.74) is 1.43. The van der Waals surface area contributed by atoms with Gasteiger partial charge in [0, 0.05) is 44.5 Å². The van der Waals surface area contributed by atoms with E-state index in [2.05, 4.69) is 30.7 Å². The van der Waals surface area contributed by atoms with Crippen molar-refractivity contribution < 1.29 is 9.59 Å². The van der Waals surface area contributed by atoms with Gasteiger partial charge in [0.2, 0.25) is 18.3 Å². The lowest BCUT2D eigenvalue weighted by Crippen LogP contribution is -2.46. The summed E-state index contributed by atoms with van der Waals surface area (Å²) in [5, 5.41) is 13.8. The zero-order chi connectivity index (χ0) is 17.6. The molecule has 2 N–H and O–H groups in total. The molecule has 0 atom stereocenters. The monoisotopic (exact) mass is 341 g/mol. The number of hydrogen-bond acceptors (Lipinski definition) is 7. The van der Waals surface area contributed by atoms with Gasteiger partial charge in [0.25, 0.3) is 0 Å². The molecule has 1 aliphatic heterocycles. The molecule has 0 bridgehead atoms. The summed E-state index contributed by atoms with van der Waals surface area (Å²) in [6.45, 7) is 4.19. The molecule has 1 aromatic heterocycles. The second-order valence-electron chi connectivity index (χ2n) is 5.65. The summed E-state index contributed by atoms with van der Waals surface area (Å²) in [6, 6.07) is 7.27. The predicted molar refractivity (Wildman–Crippen MR) is 93.7 cm³/mol. The van der Waals surface area contributed by atoms with E-state index in [1.165, 1.54) is 6.92 Å². The van der Waals surface area contributed by atoms with Gasteiger partial charge >= 0.3 is 0 Å². The van der Waals surface area contributed by atoms with Gasteiger partial charge in [0.15, 0.2) is 5.82 Å². The van der Waals surface area contributed by atoms with Crippen LogP contribution in [0.25, 0.3) is 0 Å². The van der Waals surface area contributed by atoms with Crippen LogP contribution in [0.3, 0.4) is 0 Å². The van der Waals surface area contributed by atoms with Crippen LogP contribution in [0.2, 0.25) is 0 Å². The number of anilines is 4. The molecule has 1 aliphatic rings. The minimum atomic E-state index is -0.133. The Morgan fingerprint density at radius 2 is 1.96 bits per heavy atom. The largest absolute Gasteiger partial charge is 0.352 e. The Morgan fingerprint density at radius 1 is 1.20 bits per heavy atom. The van der Waals surface area contributed by atoms with E-state index in [9.17, 15) is 9.59 Å². The third-order valence-electron chi connectivity index (χ3n) is 3.77. The van der Waals surface area contributed by atoms with Crippen LogP contribution >= 0.6 is 0 Å². The molecule has 9 heteroatoms. The van der Waals surface area contributed by atoms with Crippen molar-refractivity contribution in [1.82, 2.24) is 20.1 Å². The second kappa shape index (κ2) is 7.56. The quantitative estimate of drug-likeness (QED) is 0.777. The molecule has 0 unspecified atom stereocenters. The van der Waals surface area contributed by atoms with Gasteiger partial charge in [0.05, 0.1) is 6.20 Å². The number of piperazine rings is 1. The Labute approximate surface area is 145 Å². The standard InChI is InChI=1S/C16H19N7O2/c1-12(25)18-13-3-2-4-14(9-13)19-16-20-15(10-17-21-16)23-7-5-22(11-24)6-8-23/h2-4,9-11H,5-8H2,1H3,(H,18,25)(H,19,20,21). The summed E-state index contributed by atoms with van der Waals surface area (Å²) in [4.78, 5) is 30.2. The second-order valence-corrected chi connectivity index (χ2v) is 5.65. The van der Waals surface area contributed by atoms with Gasteiger partial charge < -0.3 is 20.4 Å². The first-order chi connectivity index (χ1) is 12.1. The number of nitrogens with zero attached hydrogens (tertiary/aromatic N) is 5. The minimum absolute atomic E-state index is 0.133. The molecule has 1 fully saturated rings. The first-order valence-electron chi connectivity index (χ1n) is 7.93. The van der Waals surface area contributed by atoms with Crippen LogP contribution in [0.5, 0.6) is 0 Å². The fourth-order valence-corrected chi connectivity index (χ4v) is 2.56. The van der Waals surface area contributed by atoms with E-state index in [1.54, 1.807) is 23.2 Å². The van der Waals surface area contributed by atoms with E-state index in [0.717, 1.165) is 12.1 Å².